The summed E-state index contributed by atoms with van der Waals surface area (Å²) in [6.45, 7) is 1.98. The highest BCUT2D eigenvalue weighted by Crippen LogP contribution is 2.31. The molecular weight excluding hydrogens is 406 g/mol. The van der Waals surface area contributed by atoms with E-state index in [4.69, 9.17) is 4.74 Å². The van der Waals surface area contributed by atoms with Crippen LogP contribution in [0.4, 0.5) is 5.69 Å². The van der Waals surface area contributed by atoms with Crippen LogP contribution in [0.25, 0.3) is 0 Å². The summed E-state index contributed by atoms with van der Waals surface area (Å²) in [5, 5.41) is 13.0. The first-order valence-corrected chi connectivity index (χ1v) is 10.4. The Kier molecular flexibility index (Phi) is 6.58. The molecule has 1 aliphatic heterocycles. The number of ether oxygens (including phenoxy) is 1. The van der Waals surface area contributed by atoms with E-state index in [9.17, 15) is 14.7 Å². The summed E-state index contributed by atoms with van der Waals surface area (Å²) in [6.07, 6.45) is 2.88. The zero-order chi connectivity index (χ0) is 22.5. The summed E-state index contributed by atoms with van der Waals surface area (Å²) < 4.78 is 5.80. The Bertz CT molecular complexity index is 1090. The lowest BCUT2D eigenvalue weighted by atomic mass is 9.98. The molecule has 1 saturated heterocycles. The molecule has 164 valence electrons. The minimum Gasteiger partial charge on any atom is -0.394 e. The molecule has 0 radical (unpaired) electrons. The summed E-state index contributed by atoms with van der Waals surface area (Å²) in [6, 6.07) is 17.9. The van der Waals surface area contributed by atoms with Gasteiger partial charge in [0.1, 0.15) is 12.7 Å². The van der Waals surface area contributed by atoms with E-state index in [0.29, 0.717) is 17.8 Å². The van der Waals surface area contributed by atoms with Crippen molar-refractivity contribution >= 4 is 17.5 Å². The number of pyridine rings is 1. The number of morpholine rings is 1. The minimum atomic E-state index is -0.517. The third-order valence-electron chi connectivity index (χ3n) is 5.63. The molecular formula is C25H25N3O4. The van der Waals surface area contributed by atoms with Gasteiger partial charge in [-0.3, -0.25) is 14.6 Å². The van der Waals surface area contributed by atoms with E-state index < -0.39 is 12.1 Å². The van der Waals surface area contributed by atoms with Crippen LogP contribution < -0.4 is 5.32 Å². The average molecular weight is 431 g/mol. The van der Waals surface area contributed by atoms with Gasteiger partial charge in [0, 0.05) is 30.2 Å². The number of rotatable bonds is 6. The van der Waals surface area contributed by atoms with Crippen LogP contribution in [0, 0.1) is 6.92 Å². The molecule has 2 aromatic carbocycles. The topological polar surface area (TPSA) is 91.8 Å². The number of aromatic nitrogens is 1. The van der Waals surface area contributed by atoms with Gasteiger partial charge in [0.25, 0.3) is 5.91 Å². The van der Waals surface area contributed by atoms with Crippen molar-refractivity contribution in [1.82, 2.24) is 9.88 Å². The number of nitrogens with zero attached hydrogens (tertiary/aromatic N) is 2. The van der Waals surface area contributed by atoms with Gasteiger partial charge < -0.3 is 20.1 Å². The molecule has 0 spiro atoms. The van der Waals surface area contributed by atoms with Crippen molar-refractivity contribution in [1.29, 1.82) is 0 Å². The zero-order valence-electron chi connectivity index (χ0n) is 17.8. The molecule has 7 nitrogen and oxygen atoms in total. The predicted octanol–water partition coefficient (Wildman–Crippen LogP) is 3.10. The third kappa shape index (κ3) is 4.69. The van der Waals surface area contributed by atoms with E-state index in [1.165, 1.54) is 0 Å². The number of carbonyl (C=O) groups excluding carboxylic acids is 2. The number of carbonyl (C=O) groups is 2. The molecule has 2 amide bonds. The van der Waals surface area contributed by atoms with E-state index in [-0.39, 0.29) is 25.0 Å². The number of anilines is 1. The number of hydrogen-bond donors (Lipinski definition) is 2. The molecule has 3 aromatic rings. The van der Waals surface area contributed by atoms with Crippen LogP contribution in [0.1, 0.15) is 33.2 Å². The lowest BCUT2D eigenvalue weighted by molar-refractivity contribution is -0.162. The van der Waals surface area contributed by atoms with Crippen LogP contribution in [-0.4, -0.2) is 46.1 Å². The van der Waals surface area contributed by atoms with Gasteiger partial charge in [-0.1, -0.05) is 30.3 Å². The first-order chi connectivity index (χ1) is 15.6. The minimum absolute atomic E-state index is 0.0575. The monoisotopic (exact) mass is 431 g/mol. The first-order valence-electron chi connectivity index (χ1n) is 10.4. The summed E-state index contributed by atoms with van der Waals surface area (Å²) >= 11 is 0. The van der Waals surface area contributed by atoms with Crippen molar-refractivity contribution < 1.29 is 19.4 Å². The highest BCUT2D eigenvalue weighted by atomic mass is 16.5. The van der Waals surface area contributed by atoms with Gasteiger partial charge >= 0.3 is 0 Å². The fourth-order valence-electron chi connectivity index (χ4n) is 3.89. The molecule has 0 saturated carbocycles. The van der Waals surface area contributed by atoms with Gasteiger partial charge in [0.15, 0.2) is 0 Å². The maximum absolute atomic E-state index is 12.6. The molecule has 1 aliphatic rings. The Hall–Kier alpha value is -3.55. The van der Waals surface area contributed by atoms with Crippen LogP contribution in [0.2, 0.25) is 0 Å². The number of aryl methyl sites for hydroxylation is 1. The smallest absolute Gasteiger partial charge is 0.255 e. The van der Waals surface area contributed by atoms with Crippen molar-refractivity contribution in [3.05, 3.63) is 95.3 Å². The van der Waals surface area contributed by atoms with E-state index in [0.717, 1.165) is 16.7 Å². The van der Waals surface area contributed by atoms with Gasteiger partial charge in [-0.25, -0.2) is 0 Å². The molecule has 2 atom stereocenters. The second kappa shape index (κ2) is 9.72. The highest BCUT2D eigenvalue weighted by molar-refractivity contribution is 6.05. The summed E-state index contributed by atoms with van der Waals surface area (Å²) in [7, 11) is 0. The lowest BCUT2D eigenvalue weighted by Crippen LogP contribution is -2.52. The Morgan fingerprint density at radius 1 is 1.12 bits per heavy atom. The van der Waals surface area contributed by atoms with Gasteiger partial charge in [-0.2, -0.15) is 0 Å². The molecule has 7 heteroatoms. The number of amides is 2. The second-order valence-corrected chi connectivity index (χ2v) is 7.75. The van der Waals surface area contributed by atoms with Crippen LogP contribution in [-0.2, 0) is 16.1 Å². The average Bonchev–Trinajstić information content (AvgIpc) is 2.82. The molecule has 2 heterocycles. The van der Waals surface area contributed by atoms with Crippen molar-refractivity contribution in [3.8, 4) is 0 Å². The SMILES string of the molecule is Cc1ccccc1C(=O)Nc1ccc([C@H]2OCC(=O)N(Cc3ccncc3)[C@@H]2CO)cc1. The van der Waals surface area contributed by atoms with E-state index >= 15 is 0 Å². The zero-order valence-corrected chi connectivity index (χ0v) is 17.8. The van der Waals surface area contributed by atoms with Crippen molar-refractivity contribution in [2.24, 2.45) is 0 Å². The third-order valence-corrected chi connectivity index (χ3v) is 5.63. The summed E-state index contributed by atoms with van der Waals surface area (Å²) in [5.74, 6) is -0.341. The van der Waals surface area contributed by atoms with Crippen LogP contribution >= 0.6 is 0 Å². The second-order valence-electron chi connectivity index (χ2n) is 7.75. The Balaban J connectivity index is 1.49. The maximum Gasteiger partial charge on any atom is 0.255 e. The molecule has 4 rings (SSSR count). The van der Waals surface area contributed by atoms with Crippen molar-refractivity contribution in [2.45, 2.75) is 25.6 Å². The van der Waals surface area contributed by atoms with Gasteiger partial charge in [-0.05, 0) is 53.9 Å². The quantitative estimate of drug-likeness (QED) is 0.626. The fourth-order valence-corrected chi connectivity index (χ4v) is 3.89. The van der Waals surface area contributed by atoms with E-state index in [1.54, 1.807) is 35.5 Å². The fraction of sp³-hybridized carbons (Fsp3) is 0.240. The number of benzene rings is 2. The van der Waals surface area contributed by atoms with Gasteiger partial charge in [-0.15, -0.1) is 0 Å². The molecule has 2 N–H and O–H groups in total. The summed E-state index contributed by atoms with van der Waals surface area (Å²) in [4.78, 5) is 30.7. The molecule has 1 aromatic heterocycles. The number of nitrogens with one attached hydrogen (secondary N) is 1. The highest BCUT2D eigenvalue weighted by Gasteiger charge is 2.37. The van der Waals surface area contributed by atoms with Crippen LogP contribution in [0.5, 0.6) is 0 Å². The normalized spacial score (nSPS) is 18.4. The number of aliphatic hydroxyl groups excluding tert-OH is 1. The molecule has 1 fully saturated rings. The van der Waals surface area contributed by atoms with Gasteiger partial charge in [0.2, 0.25) is 5.91 Å². The Morgan fingerprint density at radius 3 is 2.53 bits per heavy atom. The number of hydrogen-bond acceptors (Lipinski definition) is 5. The standard InChI is InChI=1S/C25H25N3O4/c1-17-4-2-3-5-21(17)25(31)27-20-8-6-19(7-9-20)24-22(15-29)28(23(30)16-32-24)14-18-10-12-26-13-11-18/h2-13,22,24,29H,14-16H2,1H3,(H,27,31)/t22-,24-/m1/s1. The Morgan fingerprint density at radius 2 is 1.84 bits per heavy atom. The maximum atomic E-state index is 12.6. The van der Waals surface area contributed by atoms with E-state index in [1.807, 2.05) is 49.4 Å². The molecule has 32 heavy (non-hydrogen) atoms. The molecule has 0 bridgehead atoms. The van der Waals surface area contributed by atoms with Crippen molar-refractivity contribution in [3.63, 3.8) is 0 Å². The van der Waals surface area contributed by atoms with Gasteiger partial charge in [0.05, 0.1) is 12.6 Å². The number of aliphatic hydroxyl groups is 1. The molecule has 0 unspecified atom stereocenters. The van der Waals surface area contributed by atoms with Crippen LogP contribution in [0.3, 0.4) is 0 Å². The first kappa shape index (κ1) is 21.7. The predicted molar refractivity (Wildman–Crippen MR) is 120 cm³/mol. The van der Waals surface area contributed by atoms with E-state index in [2.05, 4.69) is 10.3 Å². The lowest BCUT2D eigenvalue weighted by Gasteiger charge is -2.40. The van der Waals surface area contributed by atoms with Crippen molar-refractivity contribution in [2.75, 3.05) is 18.5 Å². The Labute approximate surface area is 186 Å². The van der Waals surface area contributed by atoms with Crippen LogP contribution in [0.15, 0.2) is 73.1 Å². The molecule has 0 aliphatic carbocycles. The largest absolute Gasteiger partial charge is 0.394 e. The summed E-state index contributed by atoms with van der Waals surface area (Å²) in [5.41, 5.74) is 3.94.